The Balaban J connectivity index is 1.55. The number of aryl methyl sites for hydroxylation is 1. The molecule has 29 heavy (non-hydrogen) atoms. The van der Waals surface area contributed by atoms with Gasteiger partial charge in [-0.05, 0) is 37.6 Å². The lowest BCUT2D eigenvalue weighted by Gasteiger charge is -2.35. The Morgan fingerprint density at radius 2 is 2.03 bits per heavy atom. The highest BCUT2D eigenvalue weighted by Crippen LogP contribution is 2.40. The van der Waals surface area contributed by atoms with Crippen LogP contribution in [0.3, 0.4) is 0 Å². The number of nitrogens with zero attached hydrogens (tertiary/aromatic N) is 6. The van der Waals surface area contributed by atoms with Crippen molar-refractivity contribution in [1.29, 1.82) is 0 Å². The lowest BCUT2D eigenvalue weighted by atomic mass is 10.1. The summed E-state index contributed by atoms with van der Waals surface area (Å²) >= 11 is 0. The summed E-state index contributed by atoms with van der Waals surface area (Å²) in [5, 5.41) is 2.54. The van der Waals surface area contributed by atoms with Crippen molar-refractivity contribution in [3.05, 3.63) is 54.5 Å². The van der Waals surface area contributed by atoms with Crippen molar-refractivity contribution in [2.24, 2.45) is 0 Å². The van der Waals surface area contributed by atoms with Gasteiger partial charge in [0.15, 0.2) is 11.6 Å². The predicted molar refractivity (Wildman–Crippen MR) is 106 cm³/mol. The molecular formula is C20H18FN7O. The standard InChI is InChI=1S/C20H18FN7O/c1-12-10-13(4-6-22-12)15-2-3-16-19(25-15)28(14-5-9-27(16)11-14)20(29)26-18-17(21)23-7-8-24-18/h2-4,6-8,10,14H,5,9,11H2,1H3,(H,24,26,29)/t14-/m0/s1. The van der Waals surface area contributed by atoms with E-state index in [1.54, 1.807) is 11.1 Å². The maximum Gasteiger partial charge on any atom is 0.329 e. The molecule has 2 aliphatic rings. The summed E-state index contributed by atoms with van der Waals surface area (Å²) in [6.07, 6.45) is 5.12. The number of nitrogens with one attached hydrogen (secondary N) is 1. The first kappa shape index (κ1) is 17.5. The van der Waals surface area contributed by atoms with E-state index in [1.807, 2.05) is 31.2 Å². The van der Waals surface area contributed by atoms with Crippen LogP contribution in [0.15, 0.2) is 42.9 Å². The van der Waals surface area contributed by atoms with Gasteiger partial charge in [-0.2, -0.15) is 4.39 Å². The van der Waals surface area contributed by atoms with Gasteiger partial charge in [-0.25, -0.2) is 19.7 Å². The van der Waals surface area contributed by atoms with Gasteiger partial charge in [0.05, 0.1) is 17.4 Å². The third-order valence-corrected chi connectivity index (χ3v) is 5.24. The van der Waals surface area contributed by atoms with E-state index in [9.17, 15) is 9.18 Å². The highest BCUT2D eigenvalue weighted by atomic mass is 19.1. The van der Waals surface area contributed by atoms with E-state index in [2.05, 4.69) is 25.2 Å². The molecule has 1 atom stereocenters. The SMILES string of the molecule is Cc1cc(-c2ccc3c(n2)N(C(=O)Nc2nccnc2F)[C@H]2CCN3C2)ccn1. The Morgan fingerprint density at radius 1 is 1.17 bits per heavy atom. The molecule has 0 saturated carbocycles. The van der Waals surface area contributed by atoms with Gasteiger partial charge in [0.1, 0.15) is 0 Å². The minimum absolute atomic E-state index is 0.0378. The molecule has 0 aromatic carbocycles. The number of rotatable bonds is 2. The van der Waals surface area contributed by atoms with E-state index in [0.29, 0.717) is 5.82 Å². The van der Waals surface area contributed by atoms with Crippen LogP contribution in [0.5, 0.6) is 0 Å². The molecule has 0 spiro atoms. The van der Waals surface area contributed by atoms with E-state index in [0.717, 1.165) is 42.1 Å². The van der Waals surface area contributed by atoms with Crippen LogP contribution in [0, 0.1) is 12.9 Å². The molecule has 0 aliphatic carbocycles. The first-order chi connectivity index (χ1) is 14.1. The quantitative estimate of drug-likeness (QED) is 0.723. The summed E-state index contributed by atoms with van der Waals surface area (Å²) in [4.78, 5) is 33.4. The molecule has 0 unspecified atom stereocenters. The van der Waals surface area contributed by atoms with Gasteiger partial charge >= 0.3 is 6.03 Å². The molecule has 1 fully saturated rings. The molecule has 3 aromatic rings. The van der Waals surface area contributed by atoms with Gasteiger partial charge in [0.2, 0.25) is 0 Å². The van der Waals surface area contributed by atoms with E-state index in [4.69, 9.17) is 4.98 Å². The number of aromatic nitrogens is 4. The molecule has 2 amide bonds. The van der Waals surface area contributed by atoms with Gasteiger partial charge in [-0.1, -0.05) is 0 Å². The van der Waals surface area contributed by atoms with Gasteiger partial charge in [0.25, 0.3) is 5.95 Å². The van der Waals surface area contributed by atoms with Gasteiger partial charge in [-0.3, -0.25) is 15.2 Å². The molecule has 3 aromatic heterocycles. The Morgan fingerprint density at radius 3 is 2.86 bits per heavy atom. The molecule has 8 nitrogen and oxygen atoms in total. The van der Waals surface area contributed by atoms with Crippen LogP contribution in [0.25, 0.3) is 11.3 Å². The molecule has 9 heteroatoms. The summed E-state index contributed by atoms with van der Waals surface area (Å²) in [5.41, 5.74) is 3.45. The van der Waals surface area contributed by atoms with Crippen molar-refractivity contribution in [1.82, 2.24) is 19.9 Å². The van der Waals surface area contributed by atoms with Crippen molar-refractivity contribution in [3.63, 3.8) is 0 Å². The first-order valence-corrected chi connectivity index (χ1v) is 9.36. The van der Waals surface area contributed by atoms with Gasteiger partial charge in [-0.15, -0.1) is 0 Å². The number of carbonyl (C=O) groups excluding carboxylic acids is 1. The maximum atomic E-state index is 13.9. The molecular weight excluding hydrogens is 373 g/mol. The van der Waals surface area contributed by atoms with Crippen molar-refractivity contribution >= 4 is 23.4 Å². The third-order valence-electron chi connectivity index (χ3n) is 5.24. The smallest absolute Gasteiger partial charge is 0.329 e. The molecule has 1 N–H and O–H groups in total. The Hall–Kier alpha value is -3.62. The average molecular weight is 391 g/mol. The normalized spacial score (nSPS) is 17.2. The molecule has 5 heterocycles. The third kappa shape index (κ3) is 3.04. The van der Waals surface area contributed by atoms with Crippen LogP contribution >= 0.6 is 0 Å². The van der Waals surface area contributed by atoms with Crippen LogP contribution < -0.4 is 15.1 Å². The van der Waals surface area contributed by atoms with E-state index < -0.39 is 12.0 Å². The second-order valence-corrected chi connectivity index (χ2v) is 7.11. The summed E-state index contributed by atoms with van der Waals surface area (Å²) in [6.45, 7) is 3.48. The summed E-state index contributed by atoms with van der Waals surface area (Å²) < 4.78 is 13.9. The molecule has 2 bridgehead atoms. The zero-order valence-corrected chi connectivity index (χ0v) is 15.7. The maximum absolute atomic E-state index is 13.9. The number of halogens is 1. The van der Waals surface area contributed by atoms with Gasteiger partial charge < -0.3 is 4.90 Å². The number of amides is 2. The first-order valence-electron chi connectivity index (χ1n) is 9.36. The van der Waals surface area contributed by atoms with Crippen LogP contribution in [0.4, 0.5) is 26.5 Å². The Bertz CT molecular complexity index is 1110. The largest absolute Gasteiger partial charge is 0.366 e. The summed E-state index contributed by atoms with van der Waals surface area (Å²) in [5.74, 6) is -0.451. The lowest BCUT2D eigenvalue weighted by Crippen LogP contribution is -2.48. The monoisotopic (exact) mass is 391 g/mol. The number of hydrogen-bond donors (Lipinski definition) is 1. The van der Waals surface area contributed by atoms with Crippen molar-refractivity contribution in [2.75, 3.05) is 28.2 Å². The minimum atomic E-state index is -0.819. The highest BCUT2D eigenvalue weighted by molar-refractivity contribution is 6.04. The highest BCUT2D eigenvalue weighted by Gasteiger charge is 2.40. The second-order valence-electron chi connectivity index (χ2n) is 7.11. The average Bonchev–Trinajstić information content (AvgIpc) is 3.14. The fraction of sp³-hybridized carbons (Fsp3) is 0.250. The van der Waals surface area contributed by atoms with Crippen LogP contribution in [-0.4, -0.2) is 45.1 Å². The lowest BCUT2D eigenvalue weighted by molar-refractivity contribution is 0.254. The van der Waals surface area contributed by atoms with Crippen molar-refractivity contribution in [3.8, 4) is 11.3 Å². The second kappa shape index (κ2) is 6.77. The van der Waals surface area contributed by atoms with Crippen LogP contribution in [0.1, 0.15) is 12.1 Å². The van der Waals surface area contributed by atoms with E-state index in [-0.39, 0.29) is 11.9 Å². The number of hydrogen-bond acceptors (Lipinski definition) is 6. The van der Waals surface area contributed by atoms with E-state index >= 15 is 0 Å². The van der Waals surface area contributed by atoms with E-state index in [1.165, 1.54) is 12.4 Å². The van der Waals surface area contributed by atoms with Crippen LogP contribution in [0.2, 0.25) is 0 Å². The fourth-order valence-corrected chi connectivity index (χ4v) is 3.90. The minimum Gasteiger partial charge on any atom is -0.366 e. The van der Waals surface area contributed by atoms with Crippen LogP contribution in [-0.2, 0) is 0 Å². The molecule has 2 aliphatic heterocycles. The van der Waals surface area contributed by atoms with Gasteiger partial charge in [0, 0.05) is 42.9 Å². The molecule has 146 valence electrons. The molecule has 0 radical (unpaired) electrons. The number of anilines is 3. The Labute approximate surface area is 166 Å². The molecule has 1 saturated heterocycles. The number of fused-ring (bicyclic) bond motifs is 4. The zero-order valence-electron chi connectivity index (χ0n) is 15.7. The number of urea groups is 1. The number of pyridine rings is 2. The number of carbonyl (C=O) groups is 1. The predicted octanol–water partition coefficient (Wildman–Crippen LogP) is 3.01. The molecule has 5 rings (SSSR count). The fourth-order valence-electron chi connectivity index (χ4n) is 3.90. The topological polar surface area (TPSA) is 87.1 Å². The van der Waals surface area contributed by atoms with Crippen molar-refractivity contribution in [2.45, 2.75) is 19.4 Å². The summed E-state index contributed by atoms with van der Waals surface area (Å²) in [7, 11) is 0. The summed E-state index contributed by atoms with van der Waals surface area (Å²) in [6, 6.07) is 7.27. The van der Waals surface area contributed by atoms with Crippen molar-refractivity contribution < 1.29 is 9.18 Å². The zero-order chi connectivity index (χ0) is 20.0. The Kier molecular flexibility index (Phi) is 4.08.